The van der Waals surface area contributed by atoms with Crippen molar-refractivity contribution in [3.8, 4) is 17.6 Å². The van der Waals surface area contributed by atoms with Crippen molar-refractivity contribution in [1.82, 2.24) is 0 Å². The van der Waals surface area contributed by atoms with Crippen LogP contribution in [0.1, 0.15) is 29.3 Å². The average molecular weight is 435 g/mol. The Hall–Kier alpha value is -2.95. The first kappa shape index (κ1) is 20.8. The number of esters is 1. The summed E-state index contributed by atoms with van der Waals surface area (Å²) in [5.74, 6) is -0.557. The number of benzene rings is 2. The zero-order valence-corrected chi connectivity index (χ0v) is 16.8. The molecule has 9 heteroatoms. The fourth-order valence-electron chi connectivity index (χ4n) is 2.56. The number of carbonyl (C=O) groups excluding carboxylic acids is 2. The fraction of sp³-hybridized carbons (Fsp3) is 0.250. The van der Waals surface area contributed by atoms with E-state index >= 15 is 0 Å². The lowest BCUT2D eigenvalue weighted by molar-refractivity contribution is -0.123. The Morgan fingerprint density at radius 3 is 2.66 bits per heavy atom. The summed E-state index contributed by atoms with van der Waals surface area (Å²) in [6, 6.07) is 9.26. The van der Waals surface area contributed by atoms with Gasteiger partial charge in [0.15, 0.2) is 17.6 Å². The first-order chi connectivity index (χ1) is 13.9. The number of halogens is 2. The fourth-order valence-corrected chi connectivity index (χ4v) is 3.05. The van der Waals surface area contributed by atoms with Gasteiger partial charge in [-0.25, -0.2) is 4.79 Å². The third kappa shape index (κ3) is 4.91. The molecular weight excluding hydrogens is 419 g/mol. The number of anilines is 1. The first-order valence-electron chi connectivity index (χ1n) is 8.69. The number of fused-ring (bicyclic) bond motifs is 1. The van der Waals surface area contributed by atoms with E-state index in [0.717, 1.165) is 0 Å². The van der Waals surface area contributed by atoms with E-state index < -0.39 is 18.0 Å². The third-order valence-corrected chi connectivity index (χ3v) is 4.64. The Morgan fingerprint density at radius 2 is 1.93 bits per heavy atom. The van der Waals surface area contributed by atoms with Crippen molar-refractivity contribution in [2.75, 3.05) is 18.5 Å². The number of nitrogens with one attached hydrogen (secondary N) is 1. The van der Waals surface area contributed by atoms with Gasteiger partial charge in [0, 0.05) is 12.1 Å². The Bertz CT molecular complexity index is 1000. The lowest BCUT2D eigenvalue weighted by Gasteiger charge is -2.15. The van der Waals surface area contributed by atoms with Crippen LogP contribution in [0.4, 0.5) is 5.69 Å². The molecule has 0 spiro atoms. The Morgan fingerprint density at radius 1 is 1.17 bits per heavy atom. The van der Waals surface area contributed by atoms with Gasteiger partial charge in [0.05, 0.1) is 34.4 Å². The molecular formula is C20H16Cl2N2O5. The second kappa shape index (κ2) is 9.03. The number of rotatable bonds is 4. The number of nitrogens with zero attached hydrogens (tertiary/aromatic N) is 1. The Kier molecular flexibility index (Phi) is 6.47. The second-order valence-corrected chi connectivity index (χ2v) is 6.99. The lowest BCUT2D eigenvalue weighted by Crippen LogP contribution is -2.30. The molecule has 0 saturated heterocycles. The van der Waals surface area contributed by atoms with E-state index in [0.29, 0.717) is 36.8 Å². The molecule has 3 rings (SSSR count). The van der Waals surface area contributed by atoms with Crippen LogP contribution in [0.2, 0.25) is 10.0 Å². The number of nitriles is 1. The predicted octanol–water partition coefficient (Wildman–Crippen LogP) is 4.21. The second-order valence-electron chi connectivity index (χ2n) is 6.18. The van der Waals surface area contributed by atoms with Crippen LogP contribution in [0.15, 0.2) is 30.3 Å². The summed E-state index contributed by atoms with van der Waals surface area (Å²) in [5.41, 5.74) is 0.802. The van der Waals surface area contributed by atoms with Crippen molar-refractivity contribution in [2.24, 2.45) is 0 Å². The monoisotopic (exact) mass is 434 g/mol. The van der Waals surface area contributed by atoms with Crippen molar-refractivity contribution < 1.29 is 23.8 Å². The first-order valence-corrected chi connectivity index (χ1v) is 9.45. The molecule has 7 nitrogen and oxygen atoms in total. The van der Waals surface area contributed by atoms with E-state index in [1.165, 1.54) is 37.3 Å². The zero-order valence-electron chi connectivity index (χ0n) is 15.3. The van der Waals surface area contributed by atoms with E-state index in [9.17, 15) is 9.59 Å². The van der Waals surface area contributed by atoms with E-state index in [1.54, 1.807) is 0 Å². The van der Waals surface area contributed by atoms with Gasteiger partial charge in [-0.05, 0) is 37.3 Å². The smallest absolute Gasteiger partial charge is 0.339 e. The summed E-state index contributed by atoms with van der Waals surface area (Å²) in [4.78, 5) is 24.8. The minimum atomic E-state index is -1.09. The maximum Gasteiger partial charge on any atom is 0.339 e. The van der Waals surface area contributed by atoms with E-state index in [1.807, 2.05) is 6.07 Å². The van der Waals surface area contributed by atoms with Gasteiger partial charge in [-0.15, -0.1) is 0 Å². The minimum Gasteiger partial charge on any atom is -0.489 e. The highest BCUT2D eigenvalue weighted by Gasteiger charge is 2.23. The summed E-state index contributed by atoms with van der Waals surface area (Å²) in [6.45, 7) is 2.34. The standard InChI is InChI=1S/C20H16Cl2N2O5/c1-11(19(25)24-14-4-3-12(10-23)15(21)9-14)29-20(26)13-7-16(22)18-17(8-13)27-5-2-6-28-18/h3-4,7-9,11H,2,5-6H2,1H3,(H,24,25). The van der Waals surface area contributed by atoms with Crippen molar-refractivity contribution in [2.45, 2.75) is 19.4 Å². The Labute approximate surface area is 177 Å². The third-order valence-electron chi connectivity index (χ3n) is 4.05. The summed E-state index contributed by atoms with van der Waals surface area (Å²) >= 11 is 12.1. The lowest BCUT2D eigenvalue weighted by atomic mass is 10.2. The van der Waals surface area contributed by atoms with Gasteiger partial charge < -0.3 is 19.5 Å². The van der Waals surface area contributed by atoms with Gasteiger partial charge in [-0.2, -0.15) is 5.26 Å². The molecule has 1 heterocycles. The number of carbonyl (C=O) groups is 2. The van der Waals surface area contributed by atoms with Crippen LogP contribution < -0.4 is 14.8 Å². The number of ether oxygens (including phenoxy) is 3. The molecule has 150 valence electrons. The molecule has 2 aromatic rings. The van der Waals surface area contributed by atoms with Crippen molar-refractivity contribution in [1.29, 1.82) is 5.26 Å². The van der Waals surface area contributed by atoms with Crippen LogP contribution in [-0.4, -0.2) is 31.2 Å². The molecule has 1 unspecified atom stereocenters. The predicted molar refractivity (Wildman–Crippen MR) is 107 cm³/mol. The minimum absolute atomic E-state index is 0.139. The average Bonchev–Trinajstić information content (AvgIpc) is 2.94. The molecule has 0 aromatic heterocycles. The molecule has 29 heavy (non-hydrogen) atoms. The molecule has 2 aromatic carbocycles. The molecule has 1 N–H and O–H groups in total. The summed E-state index contributed by atoms with van der Waals surface area (Å²) < 4.78 is 16.3. The molecule has 1 aliphatic heterocycles. The number of hydrogen-bond donors (Lipinski definition) is 1. The SMILES string of the molecule is CC(OC(=O)c1cc(Cl)c2c(c1)OCCCO2)C(=O)Nc1ccc(C#N)c(Cl)c1. The van der Waals surface area contributed by atoms with Crippen LogP contribution >= 0.6 is 23.2 Å². The zero-order chi connectivity index (χ0) is 21.0. The van der Waals surface area contributed by atoms with Crippen LogP contribution in [-0.2, 0) is 9.53 Å². The summed E-state index contributed by atoms with van der Waals surface area (Å²) in [7, 11) is 0. The van der Waals surface area contributed by atoms with E-state index in [2.05, 4.69) is 5.32 Å². The molecule has 0 aliphatic carbocycles. The molecule has 1 aliphatic rings. The van der Waals surface area contributed by atoms with Crippen LogP contribution in [0.3, 0.4) is 0 Å². The van der Waals surface area contributed by atoms with Crippen molar-refractivity contribution in [3.05, 3.63) is 51.5 Å². The highest BCUT2D eigenvalue weighted by Crippen LogP contribution is 2.38. The summed E-state index contributed by atoms with van der Waals surface area (Å²) in [6.07, 6.45) is -0.395. The topological polar surface area (TPSA) is 97.7 Å². The summed E-state index contributed by atoms with van der Waals surface area (Å²) in [5, 5.41) is 11.9. The largest absolute Gasteiger partial charge is 0.489 e. The van der Waals surface area contributed by atoms with Gasteiger partial charge in [0.2, 0.25) is 0 Å². The van der Waals surface area contributed by atoms with Gasteiger partial charge in [-0.3, -0.25) is 4.79 Å². The van der Waals surface area contributed by atoms with Gasteiger partial charge in [0.25, 0.3) is 5.91 Å². The molecule has 1 amide bonds. The van der Waals surface area contributed by atoms with Gasteiger partial charge in [0.1, 0.15) is 6.07 Å². The van der Waals surface area contributed by atoms with E-state index in [4.69, 9.17) is 42.7 Å². The van der Waals surface area contributed by atoms with Gasteiger partial charge >= 0.3 is 5.97 Å². The molecule has 0 bridgehead atoms. The quantitative estimate of drug-likeness (QED) is 0.723. The molecule has 0 saturated carbocycles. The van der Waals surface area contributed by atoms with Crippen molar-refractivity contribution in [3.63, 3.8) is 0 Å². The number of amides is 1. The van der Waals surface area contributed by atoms with E-state index in [-0.39, 0.29) is 21.2 Å². The maximum absolute atomic E-state index is 12.5. The molecule has 0 radical (unpaired) electrons. The van der Waals surface area contributed by atoms with Crippen LogP contribution in [0.25, 0.3) is 0 Å². The highest BCUT2D eigenvalue weighted by molar-refractivity contribution is 6.32. The maximum atomic E-state index is 12.5. The molecule has 0 fully saturated rings. The van der Waals surface area contributed by atoms with Gasteiger partial charge in [-0.1, -0.05) is 23.2 Å². The van der Waals surface area contributed by atoms with Crippen molar-refractivity contribution >= 4 is 40.8 Å². The highest BCUT2D eigenvalue weighted by atomic mass is 35.5. The number of hydrogen-bond acceptors (Lipinski definition) is 6. The van der Waals surface area contributed by atoms with Crippen LogP contribution in [0.5, 0.6) is 11.5 Å². The molecule has 1 atom stereocenters. The van der Waals surface area contributed by atoms with Crippen LogP contribution in [0, 0.1) is 11.3 Å². The normalized spacial score (nSPS) is 13.6. The Balaban J connectivity index is 1.68.